The molecule has 1 aromatic carbocycles. The zero-order chi connectivity index (χ0) is 8.97. The van der Waals surface area contributed by atoms with Crippen LogP contribution in [0.25, 0.3) is 0 Å². The fourth-order valence-corrected chi connectivity index (χ4v) is 0.955. The molecule has 0 saturated carbocycles. The topological polar surface area (TPSA) is 63.3 Å². The Morgan fingerprint density at radius 1 is 1.38 bits per heavy atom. The van der Waals surface area contributed by atoms with Crippen molar-refractivity contribution < 1.29 is 9.90 Å². The van der Waals surface area contributed by atoms with Gasteiger partial charge in [-0.2, -0.15) is 0 Å². The second kappa shape index (κ2) is 6.70. The minimum atomic E-state index is -0.959. The van der Waals surface area contributed by atoms with Gasteiger partial charge in [-0.25, -0.2) is 0 Å². The van der Waals surface area contributed by atoms with Crippen molar-refractivity contribution in [3.63, 3.8) is 0 Å². The van der Waals surface area contributed by atoms with Gasteiger partial charge in [-0.05, 0) is 12.0 Å². The third-order valence-electron chi connectivity index (χ3n) is 1.62. The maximum atomic E-state index is 10.4. The number of aliphatic carboxylic acids is 1. The summed E-state index contributed by atoms with van der Waals surface area (Å²) < 4.78 is 0. The molecule has 13 heavy (non-hydrogen) atoms. The van der Waals surface area contributed by atoms with Crippen LogP contribution in [0.4, 0.5) is 0 Å². The first-order valence-electron chi connectivity index (χ1n) is 3.72. The monoisotopic (exact) mass is 205 g/mol. The zero-order valence-corrected chi connectivity index (χ0v) is 6.60. The van der Waals surface area contributed by atoms with Crippen LogP contribution < -0.4 is 5.73 Å². The fourth-order valence-electron chi connectivity index (χ4n) is 0.955. The molecule has 1 rings (SSSR count). The van der Waals surface area contributed by atoms with Gasteiger partial charge in [0.1, 0.15) is 6.04 Å². The molecule has 0 heterocycles. The quantitative estimate of drug-likeness (QED) is 0.682. The number of carboxylic acids is 1. The molecule has 0 aromatic heterocycles. The number of carboxylic acid groups (broad SMARTS) is 1. The summed E-state index contributed by atoms with van der Waals surface area (Å²) in [6, 6.07) is 8.54. The van der Waals surface area contributed by atoms with E-state index in [1.54, 1.807) is 0 Å². The normalized spacial score (nSPS) is 11.5. The van der Waals surface area contributed by atoms with Gasteiger partial charge in [-0.3, -0.25) is 4.79 Å². The maximum absolute atomic E-state index is 10.4. The summed E-state index contributed by atoms with van der Waals surface area (Å²) in [4.78, 5) is 10.4. The number of nitrogens with two attached hydrogens (primary N) is 1. The van der Waals surface area contributed by atoms with E-state index in [0.29, 0.717) is 6.42 Å². The Hall–Kier alpha value is 0.286. The summed E-state index contributed by atoms with van der Waals surface area (Å²) in [5, 5.41) is 8.52. The number of benzene rings is 1. The van der Waals surface area contributed by atoms with Crippen LogP contribution in [0.15, 0.2) is 30.3 Å². The number of rotatable bonds is 3. The van der Waals surface area contributed by atoms with Crippen LogP contribution in [0.5, 0.6) is 0 Å². The molecule has 1 aromatic rings. The molecule has 0 amide bonds. The zero-order valence-electron chi connectivity index (χ0n) is 6.60. The third-order valence-corrected chi connectivity index (χ3v) is 1.62. The van der Waals surface area contributed by atoms with Gasteiger partial charge in [0, 0.05) is 0 Å². The Kier molecular flexibility index (Phi) is 6.85. The van der Waals surface area contributed by atoms with Crippen LogP contribution in [0.3, 0.4) is 0 Å². The van der Waals surface area contributed by atoms with E-state index in [-0.39, 0.29) is 51.4 Å². The van der Waals surface area contributed by atoms with Crippen LogP contribution >= 0.6 is 0 Å². The van der Waals surface area contributed by atoms with E-state index in [1.165, 1.54) is 0 Å². The standard InChI is InChI=1S/C9H11NO2.K.H/c10-8(9(11)12)6-7-4-2-1-3-5-7;;/h1-5,8H,6,10H2,(H,11,12);;. The van der Waals surface area contributed by atoms with Gasteiger partial charge in [0.25, 0.3) is 0 Å². The molecule has 1 atom stereocenters. The van der Waals surface area contributed by atoms with E-state index in [4.69, 9.17) is 10.8 Å². The summed E-state index contributed by atoms with van der Waals surface area (Å²) in [7, 11) is 0. The van der Waals surface area contributed by atoms with Crippen LogP contribution in [0, 0.1) is 0 Å². The summed E-state index contributed by atoms with van der Waals surface area (Å²) in [6.07, 6.45) is 0.385. The summed E-state index contributed by atoms with van der Waals surface area (Å²) in [5.74, 6) is -0.959. The van der Waals surface area contributed by atoms with Crippen molar-refractivity contribution in [1.82, 2.24) is 0 Å². The minimum absolute atomic E-state index is 0. The van der Waals surface area contributed by atoms with Gasteiger partial charge < -0.3 is 10.8 Å². The van der Waals surface area contributed by atoms with Gasteiger partial charge in [0.05, 0.1) is 0 Å². The molecule has 0 saturated heterocycles. The molecule has 1 unspecified atom stereocenters. The Labute approximate surface area is 120 Å². The molecular weight excluding hydrogens is 193 g/mol. The molecule has 3 nitrogen and oxygen atoms in total. The third kappa shape index (κ3) is 4.90. The van der Waals surface area contributed by atoms with Gasteiger partial charge >= 0.3 is 57.4 Å². The average molecular weight is 205 g/mol. The van der Waals surface area contributed by atoms with E-state index in [0.717, 1.165) is 5.56 Å². The van der Waals surface area contributed by atoms with Gasteiger partial charge in [0.2, 0.25) is 0 Å². The first-order valence-corrected chi connectivity index (χ1v) is 3.72. The molecule has 0 aliphatic rings. The summed E-state index contributed by atoms with van der Waals surface area (Å²) in [5.41, 5.74) is 6.30. The first-order chi connectivity index (χ1) is 5.70. The van der Waals surface area contributed by atoms with Gasteiger partial charge in [-0.15, -0.1) is 0 Å². The van der Waals surface area contributed by atoms with Crippen LogP contribution in [-0.4, -0.2) is 68.5 Å². The first kappa shape index (κ1) is 13.3. The SMILES string of the molecule is NC(Cc1ccccc1)C(=O)O.[KH]. The molecule has 0 fully saturated rings. The molecular formula is C9H12KNO2. The van der Waals surface area contributed by atoms with E-state index in [9.17, 15) is 4.79 Å². The van der Waals surface area contributed by atoms with Crippen molar-refractivity contribution >= 4 is 57.4 Å². The predicted octanol–water partition coefficient (Wildman–Crippen LogP) is -0.00750. The molecule has 0 aliphatic heterocycles. The van der Waals surface area contributed by atoms with Crippen molar-refractivity contribution in [3.05, 3.63) is 35.9 Å². The van der Waals surface area contributed by atoms with Crippen LogP contribution in [0.1, 0.15) is 5.56 Å². The Morgan fingerprint density at radius 2 is 1.92 bits per heavy atom. The number of hydrogen-bond acceptors (Lipinski definition) is 2. The van der Waals surface area contributed by atoms with Crippen molar-refractivity contribution in [2.45, 2.75) is 12.5 Å². The molecule has 4 heteroatoms. The summed E-state index contributed by atoms with van der Waals surface area (Å²) in [6.45, 7) is 0. The Morgan fingerprint density at radius 3 is 2.38 bits per heavy atom. The predicted molar refractivity (Wildman–Crippen MR) is 52.9 cm³/mol. The van der Waals surface area contributed by atoms with Crippen molar-refractivity contribution in [3.8, 4) is 0 Å². The van der Waals surface area contributed by atoms with Crippen LogP contribution in [-0.2, 0) is 11.2 Å². The average Bonchev–Trinajstić information content (AvgIpc) is 2.06. The second-order valence-electron chi connectivity index (χ2n) is 2.63. The molecule has 0 bridgehead atoms. The van der Waals surface area contributed by atoms with Gasteiger partial charge in [0.15, 0.2) is 0 Å². The van der Waals surface area contributed by atoms with E-state index in [2.05, 4.69) is 0 Å². The molecule has 66 valence electrons. The van der Waals surface area contributed by atoms with Crippen LogP contribution in [0.2, 0.25) is 0 Å². The summed E-state index contributed by atoms with van der Waals surface area (Å²) >= 11 is 0. The molecule has 0 spiro atoms. The van der Waals surface area contributed by atoms with E-state index < -0.39 is 12.0 Å². The Bertz CT molecular complexity index is 264. The van der Waals surface area contributed by atoms with Crippen molar-refractivity contribution in [2.24, 2.45) is 5.73 Å². The molecule has 3 N–H and O–H groups in total. The molecule has 0 aliphatic carbocycles. The Balaban J connectivity index is 0.00000144. The molecule has 0 radical (unpaired) electrons. The van der Waals surface area contributed by atoms with Crippen molar-refractivity contribution in [1.29, 1.82) is 0 Å². The van der Waals surface area contributed by atoms with Gasteiger partial charge in [-0.1, -0.05) is 30.3 Å². The fraction of sp³-hybridized carbons (Fsp3) is 0.222. The van der Waals surface area contributed by atoms with E-state index >= 15 is 0 Å². The van der Waals surface area contributed by atoms with Crippen molar-refractivity contribution in [2.75, 3.05) is 0 Å². The number of hydrogen-bond donors (Lipinski definition) is 2. The van der Waals surface area contributed by atoms with E-state index in [1.807, 2.05) is 30.3 Å². The second-order valence-corrected chi connectivity index (χ2v) is 2.63. The number of carbonyl (C=O) groups is 1.